The highest BCUT2D eigenvalue weighted by Crippen LogP contribution is 2.11. The highest BCUT2D eigenvalue weighted by atomic mass is 127. The molecule has 1 aromatic carbocycles. The van der Waals surface area contributed by atoms with Crippen LogP contribution in [0.3, 0.4) is 0 Å². The normalized spacial score (nSPS) is 10.0. The Labute approximate surface area is 118 Å². The summed E-state index contributed by atoms with van der Waals surface area (Å²) in [6.07, 6.45) is 0.348. The zero-order valence-electron chi connectivity index (χ0n) is 9.44. The van der Waals surface area contributed by atoms with Crippen molar-refractivity contribution in [2.45, 2.75) is 6.42 Å². The van der Waals surface area contributed by atoms with E-state index in [4.69, 9.17) is 0 Å². The predicted octanol–water partition coefficient (Wildman–Crippen LogP) is 2.77. The molecule has 3 nitrogen and oxygen atoms in total. The molecular weight excluding hydrogens is 351 g/mol. The molecule has 0 aliphatic heterocycles. The molecule has 0 amide bonds. The van der Waals surface area contributed by atoms with E-state index in [1.54, 1.807) is 0 Å². The molecule has 1 aromatic rings. The minimum absolute atomic E-state index is 0.0938. The lowest BCUT2D eigenvalue weighted by molar-refractivity contribution is -0.140. The van der Waals surface area contributed by atoms with Crippen LogP contribution in [0.25, 0.3) is 0 Å². The number of carbonyl (C=O) groups is 2. The Hall–Kier alpha value is -0.560. The number of methoxy groups -OCH3 is 1. The summed E-state index contributed by atoms with van der Waals surface area (Å²) >= 11 is 3.65. The maximum Gasteiger partial charge on any atom is 0.306 e. The first-order valence-corrected chi connectivity index (χ1v) is 7.30. The molecule has 0 aromatic heterocycles. The Morgan fingerprint density at radius 1 is 1.29 bits per heavy atom. The van der Waals surface area contributed by atoms with Gasteiger partial charge in [0.25, 0.3) is 0 Å². The standard InChI is InChI=1S/C12H13IO3S/c1-16-12(15)6-7-17-8-11(14)9-2-4-10(13)5-3-9/h2-5H,6-8H2,1H3. The molecule has 92 valence electrons. The summed E-state index contributed by atoms with van der Waals surface area (Å²) in [5.74, 6) is 0.871. The van der Waals surface area contributed by atoms with E-state index >= 15 is 0 Å². The molecule has 0 spiro atoms. The largest absolute Gasteiger partial charge is 0.469 e. The number of carbonyl (C=O) groups excluding carboxylic acids is 2. The summed E-state index contributed by atoms with van der Waals surface area (Å²) in [6, 6.07) is 7.47. The molecule has 0 bridgehead atoms. The second-order valence-electron chi connectivity index (χ2n) is 3.31. The van der Waals surface area contributed by atoms with Gasteiger partial charge in [-0.3, -0.25) is 9.59 Å². The maximum atomic E-state index is 11.7. The molecule has 0 saturated heterocycles. The van der Waals surface area contributed by atoms with E-state index in [1.807, 2.05) is 24.3 Å². The van der Waals surface area contributed by atoms with Crippen LogP contribution in [-0.4, -0.2) is 30.4 Å². The minimum Gasteiger partial charge on any atom is -0.469 e. The van der Waals surface area contributed by atoms with Crippen LogP contribution in [-0.2, 0) is 9.53 Å². The van der Waals surface area contributed by atoms with E-state index in [0.717, 1.165) is 9.13 Å². The smallest absolute Gasteiger partial charge is 0.306 e. The van der Waals surface area contributed by atoms with Crippen LogP contribution in [0.4, 0.5) is 0 Å². The molecule has 5 heteroatoms. The second kappa shape index (κ2) is 7.71. The van der Waals surface area contributed by atoms with Crippen LogP contribution < -0.4 is 0 Å². The summed E-state index contributed by atoms with van der Waals surface area (Å²) in [6.45, 7) is 0. The van der Waals surface area contributed by atoms with Crippen molar-refractivity contribution in [2.75, 3.05) is 18.6 Å². The number of rotatable bonds is 6. The van der Waals surface area contributed by atoms with Crippen LogP contribution in [0.15, 0.2) is 24.3 Å². The summed E-state index contributed by atoms with van der Waals surface area (Å²) in [7, 11) is 1.36. The lowest BCUT2D eigenvalue weighted by Gasteiger charge is -2.01. The molecule has 0 aliphatic carbocycles. The molecule has 17 heavy (non-hydrogen) atoms. The third-order valence-corrected chi connectivity index (χ3v) is 3.76. The molecular formula is C12H13IO3S. The van der Waals surface area contributed by atoms with Crippen molar-refractivity contribution < 1.29 is 14.3 Å². The van der Waals surface area contributed by atoms with Crippen molar-refractivity contribution in [1.82, 2.24) is 0 Å². The van der Waals surface area contributed by atoms with Crippen molar-refractivity contribution >= 4 is 46.1 Å². The highest BCUT2D eigenvalue weighted by molar-refractivity contribution is 14.1. The van der Waals surface area contributed by atoms with Gasteiger partial charge in [-0.1, -0.05) is 12.1 Å². The molecule has 0 radical (unpaired) electrons. The van der Waals surface area contributed by atoms with E-state index in [2.05, 4.69) is 27.3 Å². The van der Waals surface area contributed by atoms with Crippen molar-refractivity contribution in [3.05, 3.63) is 33.4 Å². The molecule has 1 rings (SSSR count). The van der Waals surface area contributed by atoms with Crippen LogP contribution in [0.1, 0.15) is 16.8 Å². The molecule has 0 fully saturated rings. The van der Waals surface area contributed by atoms with Gasteiger partial charge in [0.15, 0.2) is 5.78 Å². The second-order valence-corrected chi connectivity index (χ2v) is 5.66. The first-order valence-electron chi connectivity index (χ1n) is 5.07. The van der Waals surface area contributed by atoms with E-state index in [-0.39, 0.29) is 11.8 Å². The fraction of sp³-hybridized carbons (Fsp3) is 0.333. The van der Waals surface area contributed by atoms with E-state index in [0.29, 0.717) is 17.9 Å². The maximum absolute atomic E-state index is 11.7. The molecule has 0 heterocycles. The summed E-state index contributed by atoms with van der Waals surface area (Å²) in [5, 5.41) is 0. The van der Waals surface area contributed by atoms with Crippen molar-refractivity contribution in [1.29, 1.82) is 0 Å². The number of esters is 1. The number of hydrogen-bond donors (Lipinski definition) is 0. The molecule has 0 aliphatic rings. The van der Waals surface area contributed by atoms with Crippen molar-refractivity contribution in [3.8, 4) is 0 Å². The quantitative estimate of drug-likeness (QED) is 0.337. The van der Waals surface area contributed by atoms with Gasteiger partial charge in [0, 0.05) is 14.9 Å². The van der Waals surface area contributed by atoms with Crippen LogP contribution >= 0.6 is 34.4 Å². The van der Waals surface area contributed by atoms with Gasteiger partial charge in [-0.2, -0.15) is 11.8 Å². The van der Waals surface area contributed by atoms with Gasteiger partial charge < -0.3 is 4.74 Å². The SMILES string of the molecule is COC(=O)CCSCC(=O)c1ccc(I)cc1. The molecule has 0 unspecified atom stereocenters. The Morgan fingerprint density at radius 3 is 2.53 bits per heavy atom. The third kappa shape index (κ3) is 5.54. The van der Waals surface area contributed by atoms with Gasteiger partial charge in [0.2, 0.25) is 0 Å². The minimum atomic E-state index is -0.237. The van der Waals surface area contributed by atoms with Gasteiger partial charge in [-0.25, -0.2) is 0 Å². The Kier molecular flexibility index (Phi) is 6.57. The van der Waals surface area contributed by atoms with Gasteiger partial charge in [0.1, 0.15) is 0 Å². The molecule has 0 atom stereocenters. The monoisotopic (exact) mass is 364 g/mol. The summed E-state index contributed by atoms with van der Waals surface area (Å²) in [5.41, 5.74) is 0.719. The zero-order chi connectivity index (χ0) is 12.7. The highest BCUT2D eigenvalue weighted by Gasteiger charge is 2.06. The van der Waals surface area contributed by atoms with E-state index in [1.165, 1.54) is 18.9 Å². The van der Waals surface area contributed by atoms with Gasteiger partial charge in [0.05, 0.1) is 19.3 Å². The molecule has 0 N–H and O–H groups in total. The number of ether oxygens (including phenoxy) is 1. The number of thioether (sulfide) groups is 1. The number of benzene rings is 1. The lowest BCUT2D eigenvalue weighted by atomic mass is 10.2. The first kappa shape index (κ1) is 14.5. The lowest BCUT2D eigenvalue weighted by Crippen LogP contribution is -2.05. The Bertz CT molecular complexity index is 389. The number of Topliss-reactive ketones (excluding diaryl/α,β-unsaturated/α-hetero) is 1. The molecule has 0 saturated carbocycles. The summed E-state index contributed by atoms with van der Waals surface area (Å²) < 4.78 is 5.63. The van der Waals surface area contributed by atoms with Crippen LogP contribution in [0.5, 0.6) is 0 Å². The van der Waals surface area contributed by atoms with Crippen molar-refractivity contribution in [3.63, 3.8) is 0 Å². The third-order valence-electron chi connectivity index (χ3n) is 2.08. The fourth-order valence-corrected chi connectivity index (χ4v) is 2.31. The predicted molar refractivity (Wildman–Crippen MR) is 77.4 cm³/mol. The average Bonchev–Trinajstić information content (AvgIpc) is 2.34. The van der Waals surface area contributed by atoms with Crippen molar-refractivity contribution in [2.24, 2.45) is 0 Å². The van der Waals surface area contributed by atoms with E-state index < -0.39 is 0 Å². The topological polar surface area (TPSA) is 43.4 Å². The Balaban J connectivity index is 2.30. The first-order chi connectivity index (χ1) is 8.13. The van der Waals surface area contributed by atoms with E-state index in [9.17, 15) is 9.59 Å². The zero-order valence-corrected chi connectivity index (χ0v) is 12.4. The van der Waals surface area contributed by atoms with Crippen LogP contribution in [0, 0.1) is 3.57 Å². The fourth-order valence-electron chi connectivity index (χ4n) is 1.14. The Morgan fingerprint density at radius 2 is 1.94 bits per heavy atom. The summed E-state index contributed by atoms with van der Waals surface area (Å²) in [4.78, 5) is 22.6. The number of halogens is 1. The van der Waals surface area contributed by atoms with Gasteiger partial charge >= 0.3 is 5.97 Å². The van der Waals surface area contributed by atoms with Gasteiger partial charge in [-0.15, -0.1) is 0 Å². The number of ketones is 1. The van der Waals surface area contributed by atoms with Crippen LogP contribution in [0.2, 0.25) is 0 Å². The number of hydrogen-bond acceptors (Lipinski definition) is 4. The van der Waals surface area contributed by atoms with Gasteiger partial charge in [-0.05, 0) is 34.7 Å². The average molecular weight is 364 g/mol.